The first-order valence-electron chi connectivity index (χ1n) is 7.42. The van der Waals surface area contributed by atoms with Gasteiger partial charge in [0.25, 0.3) is 0 Å². The largest absolute Gasteiger partial charge is 0.466 e. The molecule has 4 nitrogen and oxygen atoms in total. The van der Waals surface area contributed by atoms with Gasteiger partial charge in [-0.1, -0.05) is 20.8 Å². The minimum atomic E-state index is -0.0403. The molecule has 20 heavy (non-hydrogen) atoms. The van der Waals surface area contributed by atoms with Crippen LogP contribution in [0.25, 0.3) is 0 Å². The Hall–Kier alpha value is -1.29. The molecule has 0 radical (unpaired) electrons. The average molecular weight is 278 g/mol. The van der Waals surface area contributed by atoms with E-state index in [4.69, 9.17) is 10.2 Å². The Balaban J connectivity index is 2.17. The molecule has 4 heteroatoms. The number of carbonyl (C=O) groups excluding carboxylic acids is 1. The first-order valence-corrected chi connectivity index (χ1v) is 7.42. The molecule has 0 spiro atoms. The summed E-state index contributed by atoms with van der Waals surface area (Å²) in [5.74, 6) is 1.99. The first kappa shape index (κ1) is 15.1. The lowest BCUT2D eigenvalue weighted by Crippen LogP contribution is -2.38. The molecule has 2 unspecified atom stereocenters. The van der Waals surface area contributed by atoms with E-state index in [0.29, 0.717) is 6.54 Å². The molecule has 0 aliphatic heterocycles. The quantitative estimate of drug-likeness (QED) is 0.889. The molecular formula is C16H26N2O2. The van der Waals surface area contributed by atoms with Crippen LogP contribution in [-0.2, 0) is 11.2 Å². The van der Waals surface area contributed by atoms with Gasteiger partial charge in [-0.15, -0.1) is 0 Å². The predicted molar refractivity (Wildman–Crippen MR) is 79.3 cm³/mol. The van der Waals surface area contributed by atoms with Crippen molar-refractivity contribution in [2.24, 2.45) is 17.1 Å². The van der Waals surface area contributed by atoms with Gasteiger partial charge in [0.1, 0.15) is 11.5 Å². The van der Waals surface area contributed by atoms with Crippen LogP contribution in [-0.4, -0.2) is 12.5 Å². The Morgan fingerprint density at radius 2 is 2.30 bits per heavy atom. The lowest BCUT2D eigenvalue weighted by Gasteiger charge is -2.35. The highest BCUT2D eigenvalue weighted by Crippen LogP contribution is 2.42. The van der Waals surface area contributed by atoms with Crippen LogP contribution in [0, 0.1) is 18.3 Å². The zero-order valence-electron chi connectivity index (χ0n) is 13.0. The van der Waals surface area contributed by atoms with Gasteiger partial charge < -0.3 is 15.5 Å². The van der Waals surface area contributed by atoms with E-state index in [1.54, 1.807) is 0 Å². The third-order valence-electron chi connectivity index (χ3n) is 4.10. The van der Waals surface area contributed by atoms with Crippen molar-refractivity contribution in [1.82, 2.24) is 5.32 Å². The standard InChI is InChI=1S/C16H26N2O2/c1-10(5-6-17)15(19)18-13-8-16(3,4)9-14-12(13)7-11(2)20-14/h7,10,13H,5-6,8-9,17H2,1-4H3,(H,18,19). The smallest absolute Gasteiger partial charge is 0.223 e. The van der Waals surface area contributed by atoms with Crippen LogP contribution in [0.15, 0.2) is 10.5 Å². The van der Waals surface area contributed by atoms with Gasteiger partial charge >= 0.3 is 0 Å². The Bertz CT molecular complexity index is 491. The highest BCUT2D eigenvalue weighted by atomic mass is 16.3. The summed E-state index contributed by atoms with van der Waals surface area (Å²) in [4.78, 5) is 12.2. The fourth-order valence-corrected chi connectivity index (χ4v) is 3.01. The molecule has 0 aromatic carbocycles. The van der Waals surface area contributed by atoms with Gasteiger partial charge in [-0.2, -0.15) is 0 Å². The minimum absolute atomic E-state index is 0.0403. The van der Waals surface area contributed by atoms with E-state index in [0.717, 1.165) is 36.3 Å². The van der Waals surface area contributed by atoms with Crippen LogP contribution in [0.5, 0.6) is 0 Å². The molecule has 0 fully saturated rings. The number of hydrogen-bond donors (Lipinski definition) is 2. The van der Waals surface area contributed by atoms with Crippen molar-refractivity contribution in [1.29, 1.82) is 0 Å². The highest BCUT2D eigenvalue weighted by Gasteiger charge is 2.35. The van der Waals surface area contributed by atoms with Crippen LogP contribution < -0.4 is 11.1 Å². The predicted octanol–water partition coefficient (Wildman–Crippen LogP) is 2.70. The van der Waals surface area contributed by atoms with E-state index in [1.165, 1.54) is 0 Å². The van der Waals surface area contributed by atoms with Crippen molar-refractivity contribution < 1.29 is 9.21 Å². The number of amides is 1. The minimum Gasteiger partial charge on any atom is -0.466 e. The summed E-state index contributed by atoms with van der Waals surface area (Å²) in [6, 6.07) is 2.11. The van der Waals surface area contributed by atoms with Crippen LogP contribution in [0.2, 0.25) is 0 Å². The SMILES string of the molecule is Cc1cc2c(o1)CC(C)(C)CC2NC(=O)C(C)CCN. The second kappa shape index (κ2) is 5.60. The fourth-order valence-electron chi connectivity index (χ4n) is 3.01. The Morgan fingerprint density at radius 3 is 2.95 bits per heavy atom. The molecule has 0 saturated carbocycles. The highest BCUT2D eigenvalue weighted by molar-refractivity contribution is 5.78. The van der Waals surface area contributed by atoms with E-state index in [9.17, 15) is 4.79 Å². The molecule has 1 amide bonds. The van der Waals surface area contributed by atoms with Gasteiger partial charge in [0.05, 0.1) is 6.04 Å². The normalized spacial score (nSPS) is 22.1. The van der Waals surface area contributed by atoms with Gasteiger partial charge in [-0.3, -0.25) is 4.79 Å². The van der Waals surface area contributed by atoms with Gasteiger partial charge in [0.2, 0.25) is 5.91 Å². The van der Waals surface area contributed by atoms with Crippen molar-refractivity contribution in [2.45, 2.75) is 53.0 Å². The van der Waals surface area contributed by atoms with Crippen molar-refractivity contribution in [3.63, 3.8) is 0 Å². The molecule has 2 atom stereocenters. The molecule has 2 rings (SSSR count). The van der Waals surface area contributed by atoms with Crippen molar-refractivity contribution in [2.75, 3.05) is 6.54 Å². The van der Waals surface area contributed by atoms with Crippen LogP contribution in [0.1, 0.15) is 56.7 Å². The van der Waals surface area contributed by atoms with Crippen LogP contribution in [0.3, 0.4) is 0 Å². The molecule has 1 aromatic heterocycles. The number of rotatable bonds is 4. The monoisotopic (exact) mass is 278 g/mol. The third kappa shape index (κ3) is 3.23. The van der Waals surface area contributed by atoms with E-state index < -0.39 is 0 Å². The molecule has 0 saturated heterocycles. The summed E-state index contributed by atoms with van der Waals surface area (Å²) in [7, 11) is 0. The van der Waals surface area contributed by atoms with E-state index in [2.05, 4.69) is 25.2 Å². The number of hydrogen-bond acceptors (Lipinski definition) is 3. The maximum Gasteiger partial charge on any atom is 0.223 e. The zero-order chi connectivity index (χ0) is 14.9. The lowest BCUT2D eigenvalue weighted by atomic mass is 9.74. The van der Waals surface area contributed by atoms with E-state index in [-0.39, 0.29) is 23.3 Å². The molecule has 0 bridgehead atoms. The number of furan rings is 1. The summed E-state index contributed by atoms with van der Waals surface area (Å²) in [6.45, 7) is 8.87. The summed E-state index contributed by atoms with van der Waals surface area (Å²) >= 11 is 0. The van der Waals surface area contributed by atoms with Gasteiger partial charge in [-0.25, -0.2) is 0 Å². The number of nitrogens with one attached hydrogen (secondary N) is 1. The molecule has 1 heterocycles. The Morgan fingerprint density at radius 1 is 1.60 bits per heavy atom. The summed E-state index contributed by atoms with van der Waals surface area (Å²) < 4.78 is 5.79. The molecular weight excluding hydrogens is 252 g/mol. The van der Waals surface area contributed by atoms with Gasteiger partial charge in [-0.05, 0) is 37.8 Å². The van der Waals surface area contributed by atoms with Crippen LogP contribution in [0.4, 0.5) is 0 Å². The van der Waals surface area contributed by atoms with Gasteiger partial charge in [0.15, 0.2) is 0 Å². The van der Waals surface area contributed by atoms with Crippen LogP contribution >= 0.6 is 0 Å². The summed E-state index contributed by atoms with van der Waals surface area (Å²) in [5, 5.41) is 3.17. The van der Waals surface area contributed by atoms with Gasteiger partial charge in [0, 0.05) is 17.9 Å². The number of fused-ring (bicyclic) bond motifs is 1. The van der Waals surface area contributed by atoms with E-state index >= 15 is 0 Å². The maximum atomic E-state index is 12.2. The maximum absolute atomic E-state index is 12.2. The zero-order valence-corrected chi connectivity index (χ0v) is 13.0. The fraction of sp³-hybridized carbons (Fsp3) is 0.688. The average Bonchev–Trinajstić information content (AvgIpc) is 2.68. The molecule has 1 aliphatic rings. The molecule has 3 N–H and O–H groups in total. The first-order chi connectivity index (χ1) is 9.32. The second-order valence-corrected chi connectivity index (χ2v) is 6.82. The van der Waals surface area contributed by atoms with Crippen molar-refractivity contribution >= 4 is 5.91 Å². The summed E-state index contributed by atoms with van der Waals surface area (Å²) in [5.41, 5.74) is 6.82. The van der Waals surface area contributed by atoms with Crippen molar-refractivity contribution in [3.8, 4) is 0 Å². The Kier molecular flexibility index (Phi) is 4.23. The lowest BCUT2D eigenvalue weighted by molar-refractivity contribution is -0.125. The third-order valence-corrected chi connectivity index (χ3v) is 4.10. The number of nitrogens with two attached hydrogens (primary N) is 1. The Labute approximate surface area is 121 Å². The number of aryl methyl sites for hydroxylation is 1. The molecule has 1 aromatic rings. The van der Waals surface area contributed by atoms with Crippen molar-refractivity contribution in [3.05, 3.63) is 23.2 Å². The second-order valence-electron chi connectivity index (χ2n) is 6.82. The summed E-state index contributed by atoms with van der Waals surface area (Å²) in [6.07, 6.45) is 2.60. The topological polar surface area (TPSA) is 68.3 Å². The molecule has 1 aliphatic carbocycles. The van der Waals surface area contributed by atoms with E-state index in [1.807, 2.05) is 13.8 Å². The molecule has 112 valence electrons. The number of carbonyl (C=O) groups is 1.